The van der Waals surface area contributed by atoms with Crippen molar-refractivity contribution in [2.45, 2.75) is 44.4 Å². The van der Waals surface area contributed by atoms with Crippen LogP contribution in [0.2, 0.25) is 0 Å². The average molecular weight is 405 g/mol. The number of alkyl halides is 3. The molecule has 156 valence electrons. The predicted molar refractivity (Wildman–Crippen MR) is 91.5 cm³/mol. The van der Waals surface area contributed by atoms with Gasteiger partial charge in [0.15, 0.2) is 5.82 Å². The molecule has 0 aromatic carbocycles. The molecule has 0 bridgehead atoms. The van der Waals surface area contributed by atoms with Crippen molar-refractivity contribution in [2.24, 2.45) is 5.41 Å². The lowest BCUT2D eigenvalue weighted by molar-refractivity contribution is -0.194. The van der Waals surface area contributed by atoms with Gasteiger partial charge in [-0.1, -0.05) is 0 Å². The lowest BCUT2D eigenvalue weighted by Gasteiger charge is -2.23. The first-order valence-corrected chi connectivity index (χ1v) is 9.08. The molecule has 1 aromatic heterocycles. The Kier molecular flexibility index (Phi) is 5.69. The van der Waals surface area contributed by atoms with Crippen molar-refractivity contribution >= 4 is 5.91 Å². The van der Waals surface area contributed by atoms with E-state index in [1.165, 1.54) is 12.0 Å². The van der Waals surface area contributed by atoms with Crippen molar-refractivity contribution in [2.75, 3.05) is 27.3 Å². The molecule has 1 saturated carbocycles. The van der Waals surface area contributed by atoms with Crippen molar-refractivity contribution in [3.05, 3.63) is 17.4 Å². The Morgan fingerprint density at radius 3 is 2.64 bits per heavy atom. The van der Waals surface area contributed by atoms with E-state index in [0.29, 0.717) is 5.56 Å². The van der Waals surface area contributed by atoms with E-state index in [0.717, 1.165) is 25.5 Å². The standard InChI is InChI=1S/C18H23F4N3O3/c1-25(16(26)13-4-3-7-23-13)9-11-8-12(19)15(24-14(11)27-2)28-10-17(5-6-17)18(20,21)22/h8,13,23H,3-7,9-10H2,1-2H3/t13-/m0/s1. The Morgan fingerprint density at radius 1 is 1.39 bits per heavy atom. The summed E-state index contributed by atoms with van der Waals surface area (Å²) in [6, 6.07) is 0.814. The van der Waals surface area contributed by atoms with Gasteiger partial charge in [-0.05, 0) is 38.3 Å². The zero-order valence-electron chi connectivity index (χ0n) is 15.7. The number of pyridine rings is 1. The van der Waals surface area contributed by atoms with Crippen LogP contribution >= 0.6 is 0 Å². The number of aromatic nitrogens is 1. The van der Waals surface area contributed by atoms with Crippen molar-refractivity contribution in [1.82, 2.24) is 15.2 Å². The number of ether oxygens (including phenoxy) is 2. The van der Waals surface area contributed by atoms with Gasteiger partial charge in [0.2, 0.25) is 11.8 Å². The van der Waals surface area contributed by atoms with Crippen LogP contribution in [0.3, 0.4) is 0 Å². The highest BCUT2D eigenvalue weighted by Crippen LogP contribution is 2.57. The number of nitrogens with zero attached hydrogens (tertiary/aromatic N) is 2. The van der Waals surface area contributed by atoms with Gasteiger partial charge in [-0.3, -0.25) is 4.79 Å². The van der Waals surface area contributed by atoms with Gasteiger partial charge in [0, 0.05) is 12.6 Å². The van der Waals surface area contributed by atoms with Gasteiger partial charge in [0.05, 0.1) is 19.7 Å². The van der Waals surface area contributed by atoms with Gasteiger partial charge in [-0.25, -0.2) is 4.39 Å². The number of methoxy groups -OCH3 is 1. The number of rotatable bonds is 7. The minimum Gasteiger partial charge on any atom is -0.481 e. The number of hydrogen-bond donors (Lipinski definition) is 1. The smallest absolute Gasteiger partial charge is 0.397 e. The summed E-state index contributed by atoms with van der Waals surface area (Å²) in [4.78, 5) is 17.7. The quantitative estimate of drug-likeness (QED) is 0.707. The molecule has 0 spiro atoms. The molecule has 1 aliphatic carbocycles. The van der Waals surface area contributed by atoms with Gasteiger partial charge >= 0.3 is 6.18 Å². The predicted octanol–water partition coefficient (Wildman–Crippen LogP) is 2.66. The Bertz CT molecular complexity index is 732. The van der Waals surface area contributed by atoms with Crippen LogP contribution in [0.25, 0.3) is 0 Å². The fourth-order valence-electron chi connectivity index (χ4n) is 3.25. The van der Waals surface area contributed by atoms with Crippen LogP contribution in [-0.4, -0.2) is 55.3 Å². The monoisotopic (exact) mass is 405 g/mol. The maximum atomic E-state index is 14.4. The zero-order chi connectivity index (χ0) is 20.5. The number of nitrogens with one attached hydrogen (secondary N) is 1. The highest BCUT2D eigenvalue weighted by atomic mass is 19.4. The summed E-state index contributed by atoms with van der Waals surface area (Å²) >= 11 is 0. The molecule has 6 nitrogen and oxygen atoms in total. The van der Waals surface area contributed by atoms with Gasteiger partial charge in [-0.2, -0.15) is 18.2 Å². The second-order valence-electron chi connectivity index (χ2n) is 7.35. The van der Waals surface area contributed by atoms with Crippen LogP contribution in [-0.2, 0) is 11.3 Å². The first-order chi connectivity index (χ1) is 13.2. The van der Waals surface area contributed by atoms with E-state index in [1.54, 1.807) is 7.05 Å². The van der Waals surface area contributed by atoms with Crippen LogP contribution in [0.4, 0.5) is 17.6 Å². The van der Waals surface area contributed by atoms with Crippen molar-refractivity contribution in [3.63, 3.8) is 0 Å². The number of likely N-dealkylation sites (N-methyl/N-ethyl adjacent to an activating group) is 1. The second kappa shape index (κ2) is 7.73. The number of carbonyl (C=O) groups excluding carboxylic acids is 1. The molecule has 2 aliphatic rings. The van der Waals surface area contributed by atoms with Crippen LogP contribution < -0.4 is 14.8 Å². The summed E-state index contributed by atoms with van der Waals surface area (Å²) < 4.78 is 63.5. The number of amides is 1. The van der Waals surface area contributed by atoms with Gasteiger partial charge in [-0.15, -0.1) is 0 Å². The highest BCUT2D eigenvalue weighted by molar-refractivity contribution is 5.82. The molecule has 2 fully saturated rings. The number of carbonyl (C=O) groups is 1. The molecule has 3 rings (SSSR count). The van der Waals surface area contributed by atoms with Gasteiger partial charge in [0.25, 0.3) is 5.88 Å². The zero-order valence-corrected chi connectivity index (χ0v) is 15.7. The third kappa shape index (κ3) is 4.16. The molecular formula is C18H23F4N3O3. The summed E-state index contributed by atoms with van der Waals surface area (Å²) in [7, 11) is 2.90. The van der Waals surface area contributed by atoms with Crippen LogP contribution in [0.5, 0.6) is 11.8 Å². The molecule has 1 atom stereocenters. The molecule has 28 heavy (non-hydrogen) atoms. The molecular weight excluding hydrogens is 382 g/mol. The molecule has 10 heteroatoms. The minimum absolute atomic E-state index is 0.00675. The third-order valence-corrected chi connectivity index (χ3v) is 5.26. The van der Waals surface area contributed by atoms with E-state index < -0.39 is 29.9 Å². The molecule has 0 unspecified atom stereocenters. The Hall–Kier alpha value is -2.10. The summed E-state index contributed by atoms with van der Waals surface area (Å²) in [6.07, 6.45) is -2.84. The fourth-order valence-corrected chi connectivity index (χ4v) is 3.25. The summed E-state index contributed by atoms with van der Waals surface area (Å²) in [5.74, 6) is -1.55. The molecule has 1 aliphatic heterocycles. The molecule has 0 radical (unpaired) electrons. The van der Waals surface area contributed by atoms with Crippen molar-refractivity contribution in [3.8, 4) is 11.8 Å². The maximum absolute atomic E-state index is 14.4. The molecule has 1 amide bonds. The van der Waals surface area contributed by atoms with Crippen molar-refractivity contribution < 1.29 is 31.8 Å². The first kappa shape index (κ1) is 20.6. The van der Waals surface area contributed by atoms with E-state index in [1.807, 2.05) is 0 Å². The van der Waals surface area contributed by atoms with Gasteiger partial charge in [0.1, 0.15) is 12.0 Å². The summed E-state index contributed by atoms with van der Waals surface area (Å²) in [6.45, 7) is 0.140. The Balaban J connectivity index is 1.70. The van der Waals surface area contributed by atoms with Gasteiger partial charge < -0.3 is 19.7 Å². The third-order valence-electron chi connectivity index (χ3n) is 5.26. The Morgan fingerprint density at radius 2 is 2.11 bits per heavy atom. The lowest BCUT2D eigenvalue weighted by Crippen LogP contribution is -2.41. The fraction of sp³-hybridized carbons (Fsp3) is 0.667. The maximum Gasteiger partial charge on any atom is 0.397 e. The Labute approximate surface area is 160 Å². The summed E-state index contributed by atoms with van der Waals surface area (Å²) in [5.41, 5.74) is -1.62. The van der Waals surface area contributed by atoms with Crippen LogP contribution in [0.15, 0.2) is 6.07 Å². The topological polar surface area (TPSA) is 63.7 Å². The van der Waals surface area contributed by atoms with E-state index >= 15 is 0 Å². The van der Waals surface area contributed by atoms with Crippen LogP contribution in [0, 0.1) is 11.2 Å². The van der Waals surface area contributed by atoms with Crippen LogP contribution in [0.1, 0.15) is 31.2 Å². The molecule has 1 N–H and O–H groups in total. The largest absolute Gasteiger partial charge is 0.481 e. The first-order valence-electron chi connectivity index (χ1n) is 9.08. The van der Waals surface area contributed by atoms with E-state index in [9.17, 15) is 22.4 Å². The van der Waals surface area contributed by atoms with E-state index in [-0.39, 0.29) is 37.2 Å². The normalized spacial score (nSPS) is 20.7. The van der Waals surface area contributed by atoms with E-state index in [4.69, 9.17) is 9.47 Å². The number of halogens is 4. The molecule has 2 heterocycles. The summed E-state index contributed by atoms with van der Waals surface area (Å²) in [5, 5.41) is 3.10. The average Bonchev–Trinajstić information content (AvgIpc) is 3.25. The van der Waals surface area contributed by atoms with E-state index in [2.05, 4.69) is 10.3 Å². The number of hydrogen-bond acceptors (Lipinski definition) is 5. The lowest BCUT2D eigenvalue weighted by atomic mass is 10.1. The molecule has 1 aromatic rings. The highest BCUT2D eigenvalue weighted by Gasteiger charge is 2.64. The SMILES string of the molecule is COc1nc(OCC2(C(F)(F)F)CC2)c(F)cc1CN(C)C(=O)[C@@H]1CCCN1. The second-order valence-corrected chi connectivity index (χ2v) is 7.35. The van der Waals surface area contributed by atoms with Crippen molar-refractivity contribution in [1.29, 1.82) is 0 Å². The molecule has 1 saturated heterocycles. The minimum atomic E-state index is -4.40.